The molecule has 0 fully saturated rings. The lowest BCUT2D eigenvalue weighted by Gasteiger charge is -2.27. The largest absolute Gasteiger partial charge is 0.416 e. The lowest BCUT2D eigenvalue weighted by Crippen LogP contribution is -2.40. The molecule has 0 heterocycles. The molecule has 0 spiro atoms. The van der Waals surface area contributed by atoms with Crippen LogP contribution in [-0.4, -0.2) is 12.5 Å². The van der Waals surface area contributed by atoms with Gasteiger partial charge in [0.15, 0.2) is 0 Å². The first kappa shape index (κ1) is 23.5. The predicted molar refractivity (Wildman–Crippen MR) is 117 cm³/mol. The molecule has 1 unspecified atom stereocenters. The van der Waals surface area contributed by atoms with Crippen molar-refractivity contribution in [3.8, 4) is 0 Å². The zero-order valence-electron chi connectivity index (χ0n) is 17.8. The Morgan fingerprint density at radius 2 is 1.56 bits per heavy atom. The molecule has 0 aliphatic carbocycles. The molecule has 3 nitrogen and oxygen atoms in total. The number of carbonyl (C=O) groups is 1. The van der Waals surface area contributed by atoms with Gasteiger partial charge in [-0.05, 0) is 78.9 Å². The van der Waals surface area contributed by atoms with Gasteiger partial charge in [0.25, 0.3) is 0 Å². The number of hydrogen-bond donors (Lipinski definition) is 1. The first-order valence-electron chi connectivity index (χ1n) is 10.1. The SMILES string of the molecule is Cc1ccc(N(CCc2ccc(C(F)(F)F)cc2)C(=O)C(N)c2ccc(F)cc2)cc1C. The number of halogens is 4. The number of benzene rings is 3. The third-order valence-electron chi connectivity index (χ3n) is 5.47. The van der Waals surface area contributed by atoms with Crippen LogP contribution < -0.4 is 10.6 Å². The highest BCUT2D eigenvalue weighted by Gasteiger charge is 2.30. The molecule has 0 bridgehead atoms. The number of carbonyl (C=O) groups excluding carboxylic acids is 1. The van der Waals surface area contributed by atoms with Crippen molar-refractivity contribution >= 4 is 11.6 Å². The van der Waals surface area contributed by atoms with Crippen molar-refractivity contribution in [1.29, 1.82) is 0 Å². The minimum absolute atomic E-state index is 0.224. The summed E-state index contributed by atoms with van der Waals surface area (Å²) in [4.78, 5) is 14.8. The summed E-state index contributed by atoms with van der Waals surface area (Å²) in [6.45, 7) is 4.11. The van der Waals surface area contributed by atoms with Crippen molar-refractivity contribution in [2.75, 3.05) is 11.4 Å². The molecule has 0 aliphatic heterocycles. The van der Waals surface area contributed by atoms with Crippen LogP contribution in [0.1, 0.15) is 33.9 Å². The number of nitrogens with zero attached hydrogens (tertiary/aromatic N) is 1. The lowest BCUT2D eigenvalue weighted by atomic mass is 10.0. The summed E-state index contributed by atoms with van der Waals surface area (Å²) in [6.07, 6.45) is -4.06. The van der Waals surface area contributed by atoms with Crippen LogP contribution in [0.25, 0.3) is 0 Å². The molecule has 0 saturated carbocycles. The molecule has 7 heteroatoms. The van der Waals surface area contributed by atoms with Gasteiger partial charge in [-0.2, -0.15) is 13.2 Å². The summed E-state index contributed by atoms with van der Waals surface area (Å²) in [5.74, 6) is -0.812. The van der Waals surface area contributed by atoms with Crippen molar-refractivity contribution in [3.05, 3.63) is 100 Å². The van der Waals surface area contributed by atoms with Gasteiger partial charge in [0.2, 0.25) is 5.91 Å². The van der Waals surface area contributed by atoms with Crippen LogP contribution in [0.5, 0.6) is 0 Å². The third-order valence-corrected chi connectivity index (χ3v) is 5.47. The number of alkyl halides is 3. The van der Waals surface area contributed by atoms with Gasteiger partial charge in [-0.1, -0.05) is 30.3 Å². The zero-order chi connectivity index (χ0) is 23.5. The third kappa shape index (κ3) is 5.53. The number of anilines is 1. The van der Waals surface area contributed by atoms with Crippen LogP contribution in [0.2, 0.25) is 0 Å². The van der Waals surface area contributed by atoms with E-state index < -0.39 is 23.6 Å². The highest BCUT2D eigenvalue weighted by atomic mass is 19.4. The van der Waals surface area contributed by atoms with E-state index in [9.17, 15) is 22.4 Å². The van der Waals surface area contributed by atoms with Gasteiger partial charge in [0.1, 0.15) is 11.9 Å². The van der Waals surface area contributed by atoms with E-state index in [2.05, 4.69) is 0 Å². The minimum atomic E-state index is -4.40. The monoisotopic (exact) mass is 444 g/mol. The molecule has 1 amide bonds. The second kappa shape index (κ2) is 9.53. The zero-order valence-corrected chi connectivity index (χ0v) is 17.8. The molecule has 32 heavy (non-hydrogen) atoms. The first-order valence-corrected chi connectivity index (χ1v) is 10.1. The Balaban J connectivity index is 1.86. The number of amides is 1. The maximum Gasteiger partial charge on any atom is 0.416 e. The standard InChI is InChI=1S/C25H24F4N2O/c1-16-3-12-22(15-17(16)2)31(24(32)23(30)19-6-10-21(26)11-7-19)14-13-18-4-8-20(9-5-18)25(27,28)29/h3-12,15,23H,13-14,30H2,1-2H3. The average Bonchev–Trinajstić information content (AvgIpc) is 2.76. The lowest BCUT2D eigenvalue weighted by molar-refractivity contribution is -0.137. The van der Waals surface area contributed by atoms with E-state index in [4.69, 9.17) is 5.73 Å². The van der Waals surface area contributed by atoms with Crippen LogP contribution in [0, 0.1) is 19.7 Å². The summed E-state index contributed by atoms with van der Waals surface area (Å²) in [7, 11) is 0. The van der Waals surface area contributed by atoms with Crippen molar-refractivity contribution in [2.24, 2.45) is 5.73 Å². The fourth-order valence-corrected chi connectivity index (χ4v) is 3.34. The summed E-state index contributed by atoms with van der Waals surface area (Å²) >= 11 is 0. The quantitative estimate of drug-likeness (QED) is 0.493. The normalized spacial score (nSPS) is 12.5. The molecule has 2 N–H and O–H groups in total. The molecule has 0 aromatic heterocycles. The van der Waals surface area contributed by atoms with Crippen LogP contribution in [0.3, 0.4) is 0 Å². The number of nitrogens with two attached hydrogens (primary N) is 1. The topological polar surface area (TPSA) is 46.3 Å². The van der Waals surface area contributed by atoms with Gasteiger partial charge in [-0.3, -0.25) is 4.79 Å². The van der Waals surface area contributed by atoms with Crippen molar-refractivity contribution in [1.82, 2.24) is 0 Å². The Kier molecular flexibility index (Phi) is 6.99. The van der Waals surface area contributed by atoms with Gasteiger partial charge >= 0.3 is 6.18 Å². The van der Waals surface area contributed by atoms with Crippen molar-refractivity contribution in [2.45, 2.75) is 32.5 Å². The second-order valence-electron chi connectivity index (χ2n) is 7.73. The second-order valence-corrected chi connectivity index (χ2v) is 7.73. The van der Waals surface area contributed by atoms with Gasteiger partial charge in [-0.25, -0.2) is 4.39 Å². The Labute approximate surface area is 184 Å². The highest BCUT2D eigenvalue weighted by Crippen LogP contribution is 2.29. The van der Waals surface area contributed by atoms with Gasteiger partial charge < -0.3 is 10.6 Å². The van der Waals surface area contributed by atoms with Crippen LogP contribution in [0.4, 0.5) is 23.2 Å². The van der Waals surface area contributed by atoms with E-state index >= 15 is 0 Å². The molecular formula is C25H24F4N2O. The molecule has 0 aliphatic rings. The molecule has 0 saturated heterocycles. The van der Waals surface area contributed by atoms with Crippen LogP contribution in [0.15, 0.2) is 66.7 Å². The number of hydrogen-bond acceptors (Lipinski definition) is 2. The number of aryl methyl sites for hydroxylation is 2. The van der Waals surface area contributed by atoms with E-state index in [1.54, 1.807) is 0 Å². The van der Waals surface area contributed by atoms with Gasteiger partial charge in [0, 0.05) is 12.2 Å². The van der Waals surface area contributed by atoms with E-state index in [1.807, 2.05) is 32.0 Å². The van der Waals surface area contributed by atoms with Crippen LogP contribution >= 0.6 is 0 Å². The average molecular weight is 444 g/mol. The van der Waals surface area contributed by atoms with Gasteiger partial charge in [-0.15, -0.1) is 0 Å². The predicted octanol–water partition coefficient (Wildman–Crippen LogP) is 5.74. The molecule has 3 aromatic carbocycles. The maximum absolute atomic E-state index is 13.3. The Morgan fingerprint density at radius 1 is 0.938 bits per heavy atom. The van der Waals surface area contributed by atoms with Crippen molar-refractivity contribution < 1.29 is 22.4 Å². The number of rotatable bonds is 6. The Hall–Kier alpha value is -3.19. The summed E-state index contributed by atoms with van der Waals surface area (Å²) < 4.78 is 51.7. The maximum atomic E-state index is 13.3. The fraction of sp³-hybridized carbons (Fsp3) is 0.240. The Bertz CT molecular complexity index is 1080. The van der Waals surface area contributed by atoms with E-state index in [0.29, 0.717) is 23.2 Å². The molecule has 3 aromatic rings. The molecule has 168 valence electrons. The highest BCUT2D eigenvalue weighted by molar-refractivity contribution is 5.97. The summed E-state index contributed by atoms with van der Waals surface area (Å²) in [6, 6.07) is 14.9. The van der Waals surface area contributed by atoms with Crippen LogP contribution in [-0.2, 0) is 17.4 Å². The molecule has 1 atom stereocenters. The van der Waals surface area contributed by atoms with E-state index in [1.165, 1.54) is 41.3 Å². The summed E-state index contributed by atoms with van der Waals surface area (Å²) in [5, 5.41) is 0. The Morgan fingerprint density at radius 3 is 2.12 bits per heavy atom. The van der Waals surface area contributed by atoms with E-state index in [0.717, 1.165) is 23.3 Å². The molecule has 3 rings (SSSR count). The first-order chi connectivity index (χ1) is 15.1. The van der Waals surface area contributed by atoms with Crippen molar-refractivity contribution in [3.63, 3.8) is 0 Å². The fourth-order valence-electron chi connectivity index (χ4n) is 3.34. The molecule has 0 radical (unpaired) electrons. The molecular weight excluding hydrogens is 420 g/mol. The smallest absolute Gasteiger partial charge is 0.316 e. The van der Waals surface area contributed by atoms with Gasteiger partial charge in [0.05, 0.1) is 5.56 Å². The summed E-state index contributed by atoms with van der Waals surface area (Å²) in [5.41, 5.74) is 9.30. The minimum Gasteiger partial charge on any atom is -0.316 e. The van der Waals surface area contributed by atoms with E-state index in [-0.39, 0.29) is 12.5 Å².